The van der Waals surface area contributed by atoms with Crippen molar-refractivity contribution in [2.45, 2.75) is 38.1 Å². The summed E-state index contributed by atoms with van der Waals surface area (Å²) in [5.74, 6) is 0.0959. The first kappa shape index (κ1) is 13.1. The zero-order valence-corrected chi connectivity index (χ0v) is 10.9. The second-order valence-electron chi connectivity index (χ2n) is 4.88. The van der Waals surface area contributed by atoms with Gasteiger partial charge in [-0.1, -0.05) is 37.3 Å². The summed E-state index contributed by atoms with van der Waals surface area (Å²) < 4.78 is 0. The van der Waals surface area contributed by atoms with Crippen molar-refractivity contribution in [1.82, 2.24) is 4.90 Å². The van der Waals surface area contributed by atoms with Gasteiger partial charge in [-0.3, -0.25) is 4.79 Å². The molecule has 3 heteroatoms. The first-order valence-corrected chi connectivity index (χ1v) is 6.74. The molecular weight excluding hydrogens is 226 g/mol. The van der Waals surface area contributed by atoms with Crippen LogP contribution >= 0.6 is 0 Å². The van der Waals surface area contributed by atoms with Gasteiger partial charge in [0.15, 0.2) is 0 Å². The fourth-order valence-corrected chi connectivity index (χ4v) is 2.75. The Hall–Kier alpha value is -1.35. The molecule has 1 aliphatic heterocycles. The molecule has 1 N–H and O–H groups in total. The molecule has 1 aromatic rings. The summed E-state index contributed by atoms with van der Waals surface area (Å²) in [6.45, 7) is 2.91. The molecule has 0 aliphatic carbocycles. The van der Waals surface area contributed by atoms with Crippen molar-refractivity contribution in [2.24, 2.45) is 0 Å². The molecule has 1 unspecified atom stereocenters. The lowest BCUT2D eigenvalue weighted by molar-refractivity contribution is -0.134. The van der Waals surface area contributed by atoms with Crippen molar-refractivity contribution < 1.29 is 9.90 Å². The lowest BCUT2D eigenvalue weighted by atomic mass is 9.95. The third-order valence-electron chi connectivity index (χ3n) is 3.78. The number of hydrogen-bond donors (Lipinski definition) is 1. The van der Waals surface area contributed by atoms with Crippen LogP contribution in [0.2, 0.25) is 0 Å². The fourth-order valence-electron chi connectivity index (χ4n) is 2.75. The molecule has 1 aliphatic rings. The highest BCUT2D eigenvalue weighted by atomic mass is 16.3. The maximum atomic E-state index is 12.6. The zero-order chi connectivity index (χ0) is 13.0. The predicted molar refractivity (Wildman–Crippen MR) is 71.3 cm³/mol. The van der Waals surface area contributed by atoms with Gasteiger partial charge in [0.2, 0.25) is 5.91 Å². The smallest absolute Gasteiger partial charge is 0.230 e. The summed E-state index contributed by atoms with van der Waals surface area (Å²) in [5.41, 5.74) is 1.08. The van der Waals surface area contributed by atoms with Crippen LogP contribution in [-0.4, -0.2) is 35.1 Å². The number of benzene rings is 1. The van der Waals surface area contributed by atoms with Gasteiger partial charge in [0.05, 0.1) is 18.6 Å². The maximum absolute atomic E-state index is 12.6. The number of hydrogen-bond acceptors (Lipinski definition) is 2. The van der Waals surface area contributed by atoms with Gasteiger partial charge in [0.25, 0.3) is 0 Å². The van der Waals surface area contributed by atoms with E-state index in [0.717, 1.165) is 31.4 Å². The first-order valence-electron chi connectivity index (χ1n) is 6.74. The second-order valence-corrected chi connectivity index (χ2v) is 4.88. The van der Waals surface area contributed by atoms with Crippen molar-refractivity contribution >= 4 is 5.91 Å². The van der Waals surface area contributed by atoms with Crippen LogP contribution < -0.4 is 0 Å². The van der Waals surface area contributed by atoms with Gasteiger partial charge >= 0.3 is 0 Å². The minimum absolute atomic E-state index is 0.0234. The van der Waals surface area contributed by atoms with E-state index in [1.165, 1.54) is 0 Å². The number of amides is 1. The van der Waals surface area contributed by atoms with Crippen LogP contribution in [-0.2, 0) is 4.79 Å². The van der Waals surface area contributed by atoms with E-state index in [-0.39, 0.29) is 24.5 Å². The van der Waals surface area contributed by atoms with E-state index in [1.807, 2.05) is 42.2 Å². The topological polar surface area (TPSA) is 40.5 Å². The lowest BCUT2D eigenvalue weighted by Gasteiger charge is -2.27. The Labute approximate surface area is 108 Å². The minimum atomic E-state index is -0.0710. The Morgan fingerprint density at radius 2 is 2.17 bits per heavy atom. The van der Waals surface area contributed by atoms with E-state index in [1.54, 1.807) is 0 Å². The van der Waals surface area contributed by atoms with E-state index in [2.05, 4.69) is 0 Å². The molecule has 1 fully saturated rings. The van der Waals surface area contributed by atoms with Gasteiger partial charge in [-0.15, -0.1) is 0 Å². The molecule has 0 radical (unpaired) electrons. The highest BCUT2D eigenvalue weighted by Crippen LogP contribution is 2.26. The largest absolute Gasteiger partial charge is 0.394 e. The number of aliphatic hydroxyl groups excluding tert-OH is 1. The normalized spacial score (nSPS) is 21.0. The lowest BCUT2D eigenvalue weighted by Crippen LogP contribution is -2.40. The summed E-state index contributed by atoms with van der Waals surface area (Å²) in [6, 6.07) is 9.95. The average molecular weight is 247 g/mol. The molecule has 3 nitrogen and oxygen atoms in total. The Kier molecular flexibility index (Phi) is 4.37. The molecular formula is C15H21NO2. The van der Waals surface area contributed by atoms with Gasteiger partial charge in [0.1, 0.15) is 0 Å². The van der Waals surface area contributed by atoms with Crippen LogP contribution in [0.1, 0.15) is 37.7 Å². The van der Waals surface area contributed by atoms with Gasteiger partial charge in [-0.05, 0) is 24.8 Å². The van der Waals surface area contributed by atoms with E-state index in [4.69, 9.17) is 0 Å². The number of nitrogens with zero attached hydrogens (tertiary/aromatic N) is 1. The van der Waals surface area contributed by atoms with Crippen molar-refractivity contribution in [1.29, 1.82) is 0 Å². The third kappa shape index (κ3) is 2.56. The number of carbonyl (C=O) groups is 1. The van der Waals surface area contributed by atoms with E-state index in [9.17, 15) is 9.90 Å². The van der Waals surface area contributed by atoms with Crippen LogP contribution in [0.15, 0.2) is 30.3 Å². The van der Waals surface area contributed by atoms with Crippen LogP contribution in [0.5, 0.6) is 0 Å². The van der Waals surface area contributed by atoms with Crippen LogP contribution in [0.4, 0.5) is 0 Å². The Morgan fingerprint density at radius 1 is 1.44 bits per heavy atom. The van der Waals surface area contributed by atoms with Crippen LogP contribution in [0.3, 0.4) is 0 Å². The molecule has 2 rings (SSSR count). The number of likely N-dealkylation sites (tertiary alicyclic amines) is 1. The van der Waals surface area contributed by atoms with Crippen molar-refractivity contribution in [3.8, 4) is 0 Å². The summed E-state index contributed by atoms with van der Waals surface area (Å²) in [4.78, 5) is 14.4. The quantitative estimate of drug-likeness (QED) is 0.885. The van der Waals surface area contributed by atoms with Crippen LogP contribution in [0, 0.1) is 0 Å². The Morgan fingerprint density at radius 3 is 2.78 bits per heavy atom. The zero-order valence-electron chi connectivity index (χ0n) is 10.9. The van der Waals surface area contributed by atoms with Gasteiger partial charge in [0, 0.05) is 6.54 Å². The summed E-state index contributed by atoms with van der Waals surface area (Å²) in [6.07, 6.45) is 2.73. The molecule has 0 spiro atoms. The van der Waals surface area contributed by atoms with Crippen molar-refractivity contribution in [3.05, 3.63) is 35.9 Å². The molecule has 98 valence electrons. The molecule has 18 heavy (non-hydrogen) atoms. The molecule has 0 saturated carbocycles. The molecule has 1 aromatic carbocycles. The number of aliphatic hydroxyl groups is 1. The first-order chi connectivity index (χ1) is 8.77. The second kappa shape index (κ2) is 6.01. The van der Waals surface area contributed by atoms with E-state index < -0.39 is 0 Å². The van der Waals surface area contributed by atoms with Gasteiger partial charge in [-0.25, -0.2) is 0 Å². The molecule has 1 heterocycles. The Bertz CT molecular complexity index is 391. The SMILES string of the molecule is CCC(C(=O)N1CCC[C@H]1CO)c1ccccc1. The summed E-state index contributed by atoms with van der Waals surface area (Å²) in [7, 11) is 0. The number of rotatable bonds is 4. The van der Waals surface area contributed by atoms with E-state index >= 15 is 0 Å². The van der Waals surface area contributed by atoms with Crippen LogP contribution in [0.25, 0.3) is 0 Å². The summed E-state index contributed by atoms with van der Waals surface area (Å²) in [5, 5.41) is 9.32. The van der Waals surface area contributed by atoms with Crippen molar-refractivity contribution in [2.75, 3.05) is 13.2 Å². The average Bonchev–Trinajstić information content (AvgIpc) is 2.89. The minimum Gasteiger partial charge on any atom is -0.394 e. The fraction of sp³-hybridized carbons (Fsp3) is 0.533. The maximum Gasteiger partial charge on any atom is 0.230 e. The molecule has 2 atom stereocenters. The molecule has 1 saturated heterocycles. The van der Waals surface area contributed by atoms with Crippen molar-refractivity contribution in [3.63, 3.8) is 0 Å². The van der Waals surface area contributed by atoms with E-state index in [0.29, 0.717) is 0 Å². The number of carbonyl (C=O) groups excluding carboxylic acids is 1. The summed E-state index contributed by atoms with van der Waals surface area (Å²) >= 11 is 0. The predicted octanol–water partition coefficient (Wildman–Crippen LogP) is 2.16. The highest BCUT2D eigenvalue weighted by Gasteiger charge is 2.32. The third-order valence-corrected chi connectivity index (χ3v) is 3.78. The Balaban J connectivity index is 2.15. The molecule has 0 aromatic heterocycles. The molecule has 1 amide bonds. The monoisotopic (exact) mass is 247 g/mol. The van der Waals surface area contributed by atoms with Gasteiger partial charge in [-0.2, -0.15) is 0 Å². The highest BCUT2D eigenvalue weighted by molar-refractivity contribution is 5.84. The standard InChI is InChI=1S/C15H21NO2/c1-2-14(12-7-4-3-5-8-12)15(18)16-10-6-9-13(16)11-17/h3-5,7-8,13-14,17H,2,6,9-11H2,1H3/t13-,14?/m0/s1. The molecule has 0 bridgehead atoms. The van der Waals surface area contributed by atoms with Gasteiger partial charge < -0.3 is 10.0 Å².